The van der Waals surface area contributed by atoms with E-state index in [9.17, 15) is 0 Å². The van der Waals surface area contributed by atoms with Crippen LogP contribution in [0.4, 0.5) is 0 Å². The summed E-state index contributed by atoms with van der Waals surface area (Å²) in [7, 11) is 0. The van der Waals surface area contributed by atoms with Gasteiger partial charge in [0.2, 0.25) is 0 Å². The lowest BCUT2D eigenvalue weighted by Gasteiger charge is -2.08. The molecule has 1 rings (SSSR count). The molecule has 1 aromatic rings. The number of rotatable bonds is 3. The summed E-state index contributed by atoms with van der Waals surface area (Å²) in [5, 5.41) is 8.90. The minimum Gasteiger partial charge on any atom is -0.492 e. The Kier molecular flexibility index (Phi) is 3.73. The van der Waals surface area contributed by atoms with Crippen LogP contribution in [0.25, 0.3) is 0 Å². The lowest BCUT2D eigenvalue weighted by Crippen LogP contribution is -2.04. The summed E-state index contributed by atoms with van der Waals surface area (Å²) >= 11 is 5.67. The molecule has 0 fully saturated rings. The molecule has 0 spiro atoms. The molecule has 1 aromatic heterocycles. The van der Waals surface area contributed by atoms with E-state index in [-0.39, 0.29) is 5.15 Å². The summed E-state index contributed by atoms with van der Waals surface area (Å²) in [6.07, 6.45) is 1.52. The first kappa shape index (κ1) is 10.8. The van der Waals surface area contributed by atoms with Gasteiger partial charge in [0.15, 0.2) is 0 Å². The van der Waals surface area contributed by atoms with Crippen molar-refractivity contribution in [1.82, 2.24) is 4.98 Å². The number of aromatic nitrogens is 1. The summed E-state index contributed by atoms with van der Waals surface area (Å²) in [5.74, 6) is 1.02. The van der Waals surface area contributed by atoms with E-state index in [1.165, 1.54) is 6.20 Å². The van der Waals surface area contributed by atoms with Crippen LogP contribution in [-0.4, -0.2) is 11.6 Å². The second-order valence-corrected chi connectivity index (χ2v) is 3.68. The summed E-state index contributed by atoms with van der Waals surface area (Å²) in [5.41, 5.74) is 0.341. The maximum absolute atomic E-state index is 8.69. The van der Waals surface area contributed by atoms with Crippen LogP contribution in [0, 0.1) is 17.2 Å². The molecule has 0 aliphatic rings. The Morgan fingerprint density at radius 3 is 2.93 bits per heavy atom. The molecule has 0 radical (unpaired) electrons. The average molecular weight is 211 g/mol. The van der Waals surface area contributed by atoms with Crippen molar-refractivity contribution >= 4 is 11.6 Å². The van der Waals surface area contributed by atoms with Gasteiger partial charge < -0.3 is 4.74 Å². The predicted octanol–water partition coefficient (Wildman–Crippen LogP) is 2.64. The Morgan fingerprint density at radius 2 is 2.36 bits per heavy atom. The molecule has 0 aliphatic heterocycles. The third-order valence-corrected chi connectivity index (χ3v) is 1.82. The van der Waals surface area contributed by atoms with Gasteiger partial charge in [-0.15, -0.1) is 0 Å². The van der Waals surface area contributed by atoms with Crippen LogP contribution in [0.15, 0.2) is 12.3 Å². The van der Waals surface area contributed by atoms with Crippen molar-refractivity contribution < 1.29 is 4.74 Å². The molecule has 14 heavy (non-hydrogen) atoms. The van der Waals surface area contributed by atoms with E-state index >= 15 is 0 Å². The molecular weight excluding hydrogens is 200 g/mol. The van der Waals surface area contributed by atoms with Crippen LogP contribution in [-0.2, 0) is 0 Å². The standard InChI is InChI=1S/C10H11ClN2O/c1-7(2)6-14-9-3-8(4-12)10(11)13-5-9/h3,5,7H,6H2,1-2H3. The zero-order valence-electron chi connectivity index (χ0n) is 8.12. The van der Waals surface area contributed by atoms with Crippen LogP contribution >= 0.6 is 11.6 Å². The first-order valence-corrected chi connectivity index (χ1v) is 4.69. The minimum absolute atomic E-state index is 0.212. The Morgan fingerprint density at radius 1 is 1.64 bits per heavy atom. The van der Waals surface area contributed by atoms with Gasteiger partial charge in [-0.2, -0.15) is 5.26 Å². The lowest BCUT2D eigenvalue weighted by atomic mass is 10.2. The summed E-state index contributed by atoms with van der Waals surface area (Å²) in [4.78, 5) is 3.85. The fraction of sp³-hybridized carbons (Fsp3) is 0.400. The average Bonchev–Trinajstić information content (AvgIpc) is 2.16. The van der Waals surface area contributed by atoms with Crippen LogP contribution in [0.2, 0.25) is 5.15 Å². The molecule has 0 saturated heterocycles. The highest BCUT2D eigenvalue weighted by Gasteiger charge is 2.03. The first-order chi connectivity index (χ1) is 6.63. The predicted molar refractivity (Wildman–Crippen MR) is 54.3 cm³/mol. The molecule has 0 aromatic carbocycles. The van der Waals surface area contributed by atoms with Crippen molar-refractivity contribution in [3.8, 4) is 11.8 Å². The van der Waals surface area contributed by atoms with Gasteiger partial charge in [0.05, 0.1) is 18.4 Å². The summed E-state index contributed by atoms with van der Waals surface area (Å²) in [6, 6.07) is 3.54. The topological polar surface area (TPSA) is 45.9 Å². The van der Waals surface area contributed by atoms with Crippen LogP contribution in [0.1, 0.15) is 19.4 Å². The Hall–Kier alpha value is -1.27. The van der Waals surface area contributed by atoms with E-state index in [1.54, 1.807) is 6.07 Å². The van der Waals surface area contributed by atoms with E-state index in [0.717, 1.165) is 0 Å². The van der Waals surface area contributed by atoms with E-state index in [4.69, 9.17) is 21.6 Å². The SMILES string of the molecule is CC(C)COc1cnc(Cl)c(C#N)c1. The van der Waals surface area contributed by atoms with Crippen LogP contribution in [0.3, 0.4) is 0 Å². The molecule has 0 N–H and O–H groups in total. The molecule has 0 unspecified atom stereocenters. The van der Waals surface area contributed by atoms with E-state index < -0.39 is 0 Å². The second-order valence-electron chi connectivity index (χ2n) is 3.33. The van der Waals surface area contributed by atoms with Gasteiger partial charge in [0, 0.05) is 6.07 Å². The molecular formula is C10H11ClN2O. The zero-order chi connectivity index (χ0) is 10.6. The zero-order valence-corrected chi connectivity index (χ0v) is 8.88. The molecule has 74 valence electrons. The third kappa shape index (κ3) is 2.90. The lowest BCUT2D eigenvalue weighted by molar-refractivity contribution is 0.270. The van der Waals surface area contributed by atoms with Gasteiger partial charge >= 0.3 is 0 Å². The van der Waals surface area contributed by atoms with E-state index in [2.05, 4.69) is 18.8 Å². The number of pyridine rings is 1. The molecule has 4 heteroatoms. The first-order valence-electron chi connectivity index (χ1n) is 4.32. The minimum atomic E-state index is 0.212. The van der Waals surface area contributed by atoms with Gasteiger partial charge in [0.25, 0.3) is 0 Å². The number of ether oxygens (including phenoxy) is 1. The molecule has 0 amide bonds. The molecule has 0 aliphatic carbocycles. The largest absolute Gasteiger partial charge is 0.492 e. The Balaban J connectivity index is 2.76. The van der Waals surface area contributed by atoms with Crippen molar-refractivity contribution in [2.45, 2.75) is 13.8 Å². The van der Waals surface area contributed by atoms with Crippen molar-refractivity contribution in [2.75, 3.05) is 6.61 Å². The number of hydrogen-bond donors (Lipinski definition) is 0. The Bertz CT molecular complexity index is 358. The fourth-order valence-corrected chi connectivity index (χ4v) is 0.995. The molecule has 3 nitrogen and oxygen atoms in total. The summed E-state index contributed by atoms with van der Waals surface area (Å²) in [6.45, 7) is 4.71. The molecule has 0 bridgehead atoms. The monoisotopic (exact) mass is 210 g/mol. The maximum atomic E-state index is 8.69. The fourth-order valence-electron chi connectivity index (χ4n) is 0.849. The maximum Gasteiger partial charge on any atom is 0.147 e. The number of nitriles is 1. The number of nitrogens with zero attached hydrogens (tertiary/aromatic N) is 2. The quantitative estimate of drug-likeness (QED) is 0.721. The van der Waals surface area contributed by atoms with Crippen molar-refractivity contribution in [3.05, 3.63) is 23.0 Å². The smallest absolute Gasteiger partial charge is 0.147 e. The number of hydrogen-bond acceptors (Lipinski definition) is 3. The van der Waals surface area contributed by atoms with Crippen molar-refractivity contribution in [3.63, 3.8) is 0 Å². The molecule has 0 saturated carbocycles. The van der Waals surface area contributed by atoms with Gasteiger partial charge in [-0.05, 0) is 5.92 Å². The van der Waals surface area contributed by atoms with Gasteiger partial charge in [-0.25, -0.2) is 4.98 Å². The van der Waals surface area contributed by atoms with Gasteiger partial charge in [-0.1, -0.05) is 25.4 Å². The normalized spacial score (nSPS) is 9.93. The summed E-state index contributed by atoms with van der Waals surface area (Å²) < 4.78 is 5.39. The van der Waals surface area contributed by atoms with Crippen LogP contribution in [0.5, 0.6) is 5.75 Å². The number of halogens is 1. The third-order valence-electron chi connectivity index (χ3n) is 1.52. The Labute approximate surface area is 88.3 Å². The highest BCUT2D eigenvalue weighted by atomic mass is 35.5. The second kappa shape index (κ2) is 4.83. The van der Waals surface area contributed by atoms with E-state index in [1.807, 2.05) is 6.07 Å². The molecule has 1 heterocycles. The van der Waals surface area contributed by atoms with E-state index in [0.29, 0.717) is 23.8 Å². The van der Waals surface area contributed by atoms with Gasteiger partial charge in [0.1, 0.15) is 17.0 Å². The van der Waals surface area contributed by atoms with Gasteiger partial charge in [-0.3, -0.25) is 0 Å². The highest BCUT2D eigenvalue weighted by molar-refractivity contribution is 6.30. The highest BCUT2D eigenvalue weighted by Crippen LogP contribution is 2.18. The van der Waals surface area contributed by atoms with Crippen molar-refractivity contribution in [1.29, 1.82) is 5.26 Å². The van der Waals surface area contributed by atoms with Crippen LogP contribution < -0.4 is 4.74 Å². The molecule has 0 atom stereocenters. The van der Waals surface area contributed by atoms with Crippen molar-refractivity contribution in [2.24, 2.45) is 5.92 Å².